The van der Waals surface area contributed by atoms with Crippen molar-refractivity contribution in [3.05, 3.63) is 137 Å². The van der Waals surface area contributed by atoms with Crippen LogP contribution in [0.25, 0.3) is 0 Å². The molecule has 0 bridgehead atoms. The first-order valence-corrected chi connectivity index (χ1v) is 13.9. The third-order valence-electron chi connectivity index (χ3n) is 8.56. The SMILES string of the molecule is Cc1ccc([C@@H]2[C@H](c3ccc(C)cc3)N(c3ccccc3)O[C@]23CN([C@H](C)c2ccccc2)CCC3=O)cc1. The molecule has 0 N–H and O–H groups in total. The van der Waals surface area contributed by atoms with Crippen LogP contribution in [0.3, 0.4) is 0 Å². The van der Waals surface area contributed by atoms with Gasteiger partial charge in [0.1, 0.15) is 0 Å². The molecule has 2 aliphatic rings. The molecular weight excluding hydrogens is 480 g/mol. The van der Waals surface area contributed by atoms with Gasteiger partial charge in [-0.15, -0.1) is 0 Å². The Hall–Kier alpha value is -3.73. The topological polar surface area (TPSA) is 32.8 Å². The Balaban J connectivity index is 1.51. The van der Waals surface area contributed by atoms with E-state index in [-0.39, 0.29) is 23.8 Å². The average molecular weight is 517 g/mol. The van der Waals surface area contributed by atoms with Crippen molar-refractivity contribution >= 4 is 11.5 Å². The number of carbonyl (C=O) groups excluding carboxylic acids is 1. The number of aryl methyl sites for hydroxylation is 2. The summed E-state index contributed by atoms with van der Waals surface area (Å²) in [6.07, 6.45) is 0.461. The van der Waals surface area contributed by atoms with Crippen LogP contribution >= 0.6 is 0 Å². The molecule has 4 nitrogen and oxygen atoms in total. The fourth-order valence-corrected chi connectivity index (χ4v) is 6.33. The molecule has 198 valence electrons. The van der Waals surface area contributed by atoms with Gasteiger partial charge >= 0.3 is 0 Å². The van der Waals surface area contributed by atoms with Gasteiger partial charge in [-0.2, -0.15) is 0 Å². The van der Waals surface area contributed by atoms with Gasteiger partial charge in [0.15, 0.2) is 11.4 Å². The van der Waals surface area contributed by atoms with Crippen molar-refractivity contribution in [3.63, 3.8) is 0 Å². The maximum Gasteiger partial charge on any atom is 0.176 e. The van der Waals surface area contributed by atoms with E-state index >= 15 is 0 Å². The highest BCUT2D eigenvalue weighted by Gasteiger charge is 2.61. The molecule has 4 atom stereocenters. The summed E-state index contributed by atoms with van der Waals surface area (Å²) < 4.78 is 0. The molecule has 0 aliphatic carbocycles. The van der Waals surface area contributed by atoms with Gasteiger partial charge in [-0.3, -0.25) is 14.5 Å². The van der Waals surface area contributed by atoms with Crippen LogP contribution in [0, 0.1) is 13.8 Å². The number of hydrogen-bond donors (Lipinski definition) is 0. The van der Waals surface area contributed by atoms with Crippen LogP contribution in [0.5, 0.6) is 0 Å². The summed E-state index contributed by atoms with van der Waals surface area (Å²) in [6.45, 7) is 7.71. The number of anilines is 1. The number of benzene rings is 4. The van der Waals surface area contributed by atoms with Gasteiger partial charge in [0.2, 0.25) is 0 Å². The molecule has 0 amide bonds. The van der Waals surface area contributed by atoms with E-state index in [0.717, 1.165) is 23.4 Å². The molecule has 1 spiro atoms. The second-order valence-corrected chi connectivity index (χ2v) is 11.1. The minimum Gasteiger partial charge on any atom is -0.296 e. The lowest BCUT2D eigenvalue weighted by Crippen LogP contribution is -2.58. The number of hydroxylamine groups is 1. The number of carbonyl (C=O) groups is 1. The van der Waals surface area contributed by atoms with Crippen LogP contribution in [-0.2, 0) is 9.63 Å². The third-order valence-corrected chi connectivity index (χ3v) is 8.56. The van der Waals surface area contributed by atoms with E-state index in [1.54, 1.807) is 0 Å². The van der Waals surface area contributed by atoms with Gasteiger partial charge < -0.3 is 0 Å². The van der Waals surface area contributed by atoms with E-state index in [1.807, 2.05) is 23.3 Å². The molecule has 2 heterocycles. The van der Waals surface area contributed by atoms with Crippen molar-refractivity contribution in [2.45, 2.75) is 50.8 Å². The molecule has 0 aromatic heterocycles. The monoisotopic (exact) mass is 516 g/mol. The van der Waals surface area contributed by atoms with E-state index in [9.17, 15) is 4.79 Å². The predicted molar refractivity (Wildman–Crippen MR) is 157 cm³/mol. The number of likely N-dealkylation sites (tertiary alicyclic amines) is 1. The molecule has 0 unspecified atom stereocenters. The van der Waals surface area contributed by atoms with Crippen molar-refractivity contribution in [2.24, 2.45) is 0 Å². The van der Waals surface area contributed by atoms with Crippen molar-refractivity contribution in [1.82, 2.24) is 4.90 Å². The molecule has 6 rings (SSSR count). The fourth-order valence-electron chi connectivity index (χ4n) is 6.33. The zero-order valence-corrected chi connectivity index (χ0v) is 23.0. The summed E-state index contributed by atoms with van der Waals surface area (Å²) in [6, 6.07) is 38.2. The van der Waals surface area contributed by atoms with Crippen LogP contribution in [0.1, 0.15) is 59.2 Å². The molecule has 4 aromatic rings. The second-order valence-electron chi connectivity index (χ2n) is 11.1. The van der Waals surface area contributed by atoms with Crippen LogP contribution < -0.4 is 5.06 Å². The van der Waals surface area contributed by atoms with Gasteiger partial charge in [0.25, 0.3) is 0 Å². The van der Waals surface area contributed by atoms with Crippen LogP contribution in [-0.4, -0.2) is 29.4 Å². The molecular formula is C35H36N2O2. The Kier molecular flexibility index (Phi) is 6.84. The van der Waals surface area contributed by atoms with E-state index in [4.69, 9.17) is 4.84 Å². The molecule has 0 saturated carbocycles. The van der Waals surface area contributed by atoms with Crippen LogP contribution in [0.2, 0.25) is 0 Å². The minimum absolute atomic E-state index is 0.161. The maximum atomic E-state index is 14.2. The highest BCUT2D eigenvalue weighted by molar-refractivity contribution is 5.91. The zero-order chi connectivity index (χ0) is 27.0. The first-order chi connectivity index (χ1) is 19.0. The van der Waals surface area contributed by atoms with E-state index < -0.39 is 5.60 Å². The number of rotatable bonds is 5. The van der Waals surface area contributed by atoms with Crippen LogP contribution in [0.4, 0.5) is 5.69 Å². The van der Waals surface area contributed by atoms with Gasteiger partial charge in [0.05, 0.1) is 17.6 Å². The normalized spacial score (nSPS) is 24.3. The Morgan fingerprint density at radius 2 is 1.33 bits per heavy atom. The first-order valence-electron chi connectivity index (χ1n) is 13.9. The molecule has 2 fully saturated rings. The first kappa shape index (κ1) is 25.5. The molecule has 0 radical (unpaired) electrons. The lowest BCUT2D eigenvalue weighted by Gasteiger charge is -2.43. The number of piperidine rings is 1. The van der Waals surface area contributed by atoms with Gasteiger partial charge in [-0.05, 0) is 49.6 Å². The highest BCUT2D eigenvalue weighted by atomic mass is 16.7. The largest absolute Gasteiger partial charge is 0.296 e. The Morgan fingerprint density at radius 1 is 0.769 bits per heavy atom. The summed E-state index contributed by atoms with van der Waals surface area (Å²) in [4.78, 5) is 23.7. The van der Waals surface area contributed by atoms with Crippen molar-refractivity contribution < 1.29 is 9.63 Å². The van der Waals surface area contributed by atoms with E-state index in [2.05, 4.69) is 117 Å². The average Bonchev–Trinajstić information content (AvgIpc) is 3.31. The van der Waals surface area contributed by atoms with Crippen molar-refractivity contribution in [2.75, 3.05) is 18.2 Å². The summed E-state index contributed by atoms with van der Waals surface area (Å²) in [5.74, 6) is -0.000542. The molecule has 2 aliphatic heterocycles. The highest BCUT2D eigenvalue weighted by Crippen LogP contribution is 2.55. The van der Waals surface area contributed by atoms with Gasteiger partial charge in [-0.1, -0.05) is 108 Å². The van der Waals surface area contributed by atoms with E-state index in [0.29, 0.717) is 13.0 Å². The molecule has 4 heteroatoms. The summed E-state index contributed by atoms with van der Waals surface area (Å²) in [5.41, 5.74) is 5.89. The lowest BCUT2D eigenvalue weighted by atomic mass is 9.71. The van der Waals surface area contributed by atoms with Gasteiger partial charge in [0, 0.05) is 25.6 Å². The number of hydrogen-bond acceptors (Lipinski definition) is 4. The second kappa shape index (κ2) is 10.4. The van der Waals surface area contributed by atoms with Crippen molar-refractivity contribution in [1.29, 1.82) is 0 Å². The minimum atomic E-state index is -1.01. The zero-order valence-electron chi connectivity index (χ0n) is 23.0. The maximum absolute atomic E-state index is 14.2. The number of ketones is 1. The molecule has 2 saturated heterocycles. The molecule has 39 heavy (non-hydrogen) atoms. The van der Waals surface area contributed by atoms with E-state index in [1.165, 1.54) is 16.7 Å². The Labute approximate surface area is 231 Å². The standard InChI is InChI=1S/C35H36N2O2/c1-25-14-18-29(19-15-25)33-34(30-20-16-26(2)17-21-30)37(31-12-8-5-9-13-31)39-35(33)24-36(23-22-32(35)38)27(3)28-10-6-4-7-11-28/h4-21,27,33-34H,22-24H2,1-3H3/t27-,33-,34+,35+/m1/s1. The quantitative estimate of drug-likeness (QED) is 0.278. The predicted octanol–water partition coefficient (Wildman–Crippen LogP) is 7.35. The Morgan fingerprint density at radius 3 is 1.95 bits per heavy atom. The van der Waals surface area contributed by atoms with Crippen molar-refractivity contribution in [3.8, 4) is 0 Å². The third kappa shape index (κ3) is 4.69. The van der Waals surface area contributed by atoms with Gasteiger partial charge in [-0.25, -0.2) is 5.06 Å². The Bertz CT molecular complexity index is 1420. The summed E-state index contributed by atoms with van der Waals surface area (Å²) in [7, 11) is 0. The lowest BCUT2D eigenvalue weighted by molar-refractivity contribution is -0.151. The summed E-state index contributed by atoms with van der Waals surface area (Å²) >= 11 is 0. The smallest absolute Gasteiger partial charge is 0.176 e. The summed E-state index contributed by atoms with van der Waals surface area (Å²) in [5, 5.41) is 2.02. The number of Topliss-reactive ketones (excluding diaryl/α,β-unsaturated/α-hetero) is 1. The fraction of sp³-hybridized carbons (Fsp3) is 0.286. The van der Waals surface area contributed by atoms with Crippen LogP contribution in [0.15, 0.2) is 109 Å². The number of nitrogens with zero attached hydrogens (tertiary/aromatic N) is 2. The molecule has 4 aromatic carbocycles. The number of para-hydroxylation sites is 1.